The number of hydrogen-bond acceptors (Lipinski definition) is 9. The lowest BCUT2D eigenvalue weighted by Gasteiger charge is -2.31. The van der Waals surface area contributed by atoms with Crippen LogP contribution in [-0.2, 0) is 20.2 Å². The van der Waals surface area contributed by atoms with Gasteiger partial charge in [0.05, 0.1) is 0 Å². The molecule has 0 spiro atoms. The van der Waals surface area contributed by atoms with Gasteiger partial charge in [0.1, 0.15) is 25.6 Å². The Balaban J connectivity index is 3.19. The van der Waals surface area contributed by atoms with Gasteiger partial charge in [-0.1, -0.05) is 6.08 Å². The molecule has 10 nitrogen and oxygen atoms in total. The Bertz CT molecular complexity index is 548. The van der Waals surface area contributed by atoms with Gasteiger partial charge in [-0.05, 0) is 6.08 Å². The molecular formula is C5H6N2O8S2-2. The second-order valence-electron chi connectivity index (χ2n) is 3.15. The van der Waals surface area contributed by atoms with E-state index < -0.39 is 41.9 Å². The van der Waals surface area contributed by atoms with Crippen molar-refractivity contribution in [2.75, 3.05) is 0 Å². The van der Waals surface area contributed by atoms with E-state index in [4.69, 9.17) is 0 Å². The van der Waals surface area contributed by atoms with Crippen LogP contribution < -0.4 is 5.32 Å². The zero-order valence-electron chi connectivity index (χ0n) is 7.92. The van der Waals surface area contributed by atoms with Gasteiger partial charge in [0.15, 0.2) is 5.37 Å². The molecule has 0 bridgehead atoms. The average Bonchev–Trinajstić information content (AvgIpc) is 2.14. The van der Waals surface area contributed by atoms with E-state index >= 15 is 0 Å². The molecule has 12 heteroatoms. The van der Waals surface area contributed by atoms with Crippen LogP contribution in [0.2, 0.25) is 0 Å². The van der Waals surface area contributed by atoms with Gasteiger partial charge < -0.3 is 9.11 Å². The van der Waals surface area contributed by atoms with Crippen LogP contribution in [0.1, 0.15) is 0 Å². The van der Waals surface area contributed by atoms with Gasteiger partial charge in [0.2, 0.25) is 0 Å². The highest BCUT2D eigenvalue weighted by Crippen LogP contribution is 2.15. The van der Waals surface area contributed by atoms with Gasteiger partial charge in [0, 0.05) is 4.92 Å². The number of nitrogens with one attached hydrogen (secondary N) is 1. The van der Waals surface area contributed by atoms with Gasteiger partial charge in [-0.2, -0.15) is 0 Å². The van der Waals surface area contributed by atoms with Gasteiger partial charge in [0.25, 0.3) is 6.04 Å². The van der Waals surface area contributed by atoms with Crippen molar-refractivity contribution < 1.29 is 30.9 Å². The molecule has 0 saturated heterocycles. The van der Waals surface area contributed by atoms with Crippen molar-refractivity contribution in [3.05, 3.63) is 22.3 Å². The monoisotopic (exact) mass is 286 g/mol. The van der Waals surface area contributed by atoms with Crippen molar-refractivity contribution in [2.45, 2.75) is 16.8 Å². The Morgan fingerprint density at radius 1 is 1.06 bits per heavy atom. The molecular weight excluding hydrogens is 280 g/mol. The second-order valence-corrected chi connectivity index (χ2v) is 6.14. The smallest absolute Gasteiger partial charge is 0.259 e. The van der Waals surface area contributed by atoms with Crippen LogP contribution in [0.3, 0.4) is 0 Å². The quantitative estimate of drug-likeness (QED) is 0.255. The highest BCUT2D eigenvalue weighted by Gasteiger charge is 2.40. The fourth-order valence-corrected chi connectivity index (χ4v) is 2.77. The summed E-state index contributed by atoms with van der Waals surface area (Å²) >= 11 is 0. The molecule has 0 radical (unpaired) electrons. The summed E-state index contributed by atoms with van der Waals surface area (Å²) in [5.74, 6) is 0. The van der Waals surface area contributed by atoms with Crippen molar-refractivity contribution in [3.63, 3.8) is 0 Å². The number of rotatable bonds is 3. The van der Waals surface area contributed by atoms with E-state index in [1.54, 1.807) is 5.32 Å². The first kappa shape index (κ1) is 14.0. The Labute approximate surface area is 96.0 Å². The highest BCUT2D eigenvalue weighted by molar-refractivity contribution is 7.87. The van der Waals surface area contributed by atoms with Crippen molar-refractivity contribution in [2.24, 2.45) is 0 Å². The number of nitro groups is 1. The number of nitrogens with zero attached hydrogens (tertiary/aromatic N) is 1. The lowest BCUT2D eigenvalue weighted by Crippen LogP contribution is -2.56. The molecule has 0 aliphatic carbocycles. The van der Waals surface area contributed by atoms with Crippen LogP contribution in [0, 0.1) is 10.1 Å². The first-order valence-electron chi connectivity index (χ1n) is 4.01. The fraction of sp³-hybridized carbons (Fsp3) is 0.600. The average molecular weight is 286 g/mol. The molecule has 1 rings (SSSR count). The molecule has 98 valence electrons. The predicted molar refractivity (Wildman–Crippen MR) is 50.0 cm³/mol. The highest BCUT2D eigenvalue weighted by atomic mass is 32.2. The minimum absolute atomic E-state index is 0.594. The van der Waals surface area contributed by atoms with E-state index in [1.165, 1.54) is 0 Å². The van der Waals surface area contributed by atoms with Crippen LogP contribution in [0.15, 0.2) is 12.2 Å². The molecule has 0 aromatic carbocycles. The van der Waals surface area contributed by atoms with Crippen molar-refractivity contribution >= 4 is 20.2 Å². The van der Waals surface area contributed by atoms with Gasteiger partial charge in [-0.25, -0.2) is 16.8 Å². The molecule has 0 aromatic rings. The molecule has 17 heavy (non-hydrogen) atoms. The molecule has 1 heterocycles. The fourth-order valence-electron chi connectivity index (χ4n) is 1.25. The van der Waals surface area contributed by atoms with Crippen molar-refractivity contribution in [1.29, 1.82) is 0 Å². The molecule has 1 N–H and O–H groups in total. The first-order valence-corrected chi connectivity index (χ1v) is 6.95. The van der Waals surface area contributed by atoms with Crippen LogP contribution in [0.25, 0.3) is 0 Å². The van der Waals surface area contributed by atoms with E-state index in [1.807, 2.05) is 0 Å². The normalized spacial score (nSPS) is 30.1. The zero-order chi connectivity index (χ0) is 13.4. The molecule has 0 saturated carbocycles. The standard InChI is InChI=1S/C5H8N2O8S2/c8-7(9)3-1-2-4(16(10,11)12)6-5(3)17(13,14)15/h1-6H,(H,10,11,12)(H,13,14,15)/p-2/t3-,4?,5+/m1/s1. The Morgan fingerprint density at radius 2 is 1.59 bits per heavy atom. The molecule has 0 fully saturated rings. The zero-order valence-corrected chi connectivity index (χ0v) is 9.55. The topological polar surface area (TPSA) is 170 Å². The summed E-state index contributed by atoms with van der Waals surface area (Å²) in [6, 6.07) is -1.93. The molecule has 1 unspecified atom stereocenters. The summed E-state index contributed by atoms with van der Waals surface area (Å²) in [5, 5.41) is 7.81. The number of hydrogen-bond donors (Lipinski definition) is 1. The van der Waals surface area contributed by atoms with E-state index in [9.17, 15) is 36.1 Å². The minimum Gasteiger partial charge on any atom is -0.747 e. The maximum Gasteiger partial charge on any atom is 0.259 e. The predicted octanol–water partition coefficient (Wildman–Crippen LogP) is -2.47. The minimum atomic E-state index is -5.17. The lowest BCUT2D eigenvalue weighted by molar-refractivity contribution is -0.510. The summed E-state index contributed by atoms with van der Waals surface area (Å²) in [5.41, 5.74) is 0. The van der Waals surface area contributed by atoms with Gasteiger partial charge >= 0.3 is 0 Å². The van der Waals surface area contributed by atoms with Crippen LogP contribution in [-0.4, -0.2) is 47.7 Å². The Kier molecular flexibility index (Phi) is 3.54. The Hall–Kier alpha value is -1.08. The summed E-state index contributed by atoms with van der Waals surface area (Å²) in [6.45, 7) is 0. The van der Waals surface area contributed by atoms with Crippen LogP contribution >= 0.6 is 0 Å². The molecule has 0 aromatic heterocycles. The third-order valence-corrected chi connectivity index (χ3v) is 3.94. The van der Waals surface area contributed by atoms with E-state index in [0.717, 1.165) is 0 Å². The van der Waals surface area contributed by atoms with Crippen molar-refractivity contribution in [3.8, 4) is 0 Å². The van der Waals surface area contributed by atoms with Crippen LogP contribution in [0.4, 0.5) is 0 Å². The van der Waals surface area contributed by atoms with E-state index in [-0.39, 0.29) is 0 Å². The van der Waals surface area contributed by atoms with E-state index in [0.29, 0.717) is 12.2 Å². The SMILES string of the molecule is O=[N+]([O-])[C@@H]1C=CC(S(=O)(=O)[O-])N[C@H]1S(=O)(=O)[O-]. The summed E-state index contributed by atoms with van der Waals surface area (Å²) in [4.78, 5) is 9.38. The third kappa shape index (κ3) is 3.19. The molecule has 0 amide bonds. The maximum atomic E-state index is 10.7. The Morgan fingerprint density at radius 3 is 1.94 bits per heavy atom. The molecule has 1 aliphatic rings. The van der Waals surface area contributed by atoms with Crippen molar-refractivity contribution in [1.82, 2.24) is 5.32 Å². The molecule has 1 aliphatic heterocycles. The first-order chi connectivity index (χ1) is 7.53. The lowest BCUT2D eigenvalue weighted by atomic mass is 10.2. The summed E-state index contributed by atoms with van der Waals surface area (Å²) in [6.07, 6.45) is 1.23. The maximum absolute atomic E-state index is 10.7. The largest absolute Gasteiger partial charge is 0.747 e. The second kappa shape index (κ2) is 4.30. The van der Waals surface area contributed by atoms with Crippen LogP contribution in [0.5, 0.6) is 0 Å². The van der Waals surface area contributed by atoms with Gasteiger partial charge in [-0.15, -0.1) is 0 Å². The van der Waals surface area contributed by atoms with Gasteiger partial charge in [-0.3, -0.25) is 15.4 Å². The van der Waals surface area contributed by atoms with E-state index in [2.05, 4.69) is 0 Å². The molecule has 3 atom stereocenters. The third-order valence-electron chi connectivity index (χ3n) is 1.99. The summed E-state index contributed by atoms with van der Waals surface area (Å²) in [7, 11) is -10.1. The summed E-state index contributed by atoms with van der Waals surface area (Å²) < 4.78 is 64.0.